The van der Waals surface area contributed by atoms with Crippen molar-refractivity contribution >= 4 is 32.9 Å². The molecule has 5 nitrogen and oxygen atoms in total. The van der Waals surface area contributed by atoms with Crippen molar-refractivity contribution in [1.82, 2.24) is 0 Å². The van der Waals surface area contributed by atoms with Crippen molar-refractivity contribution in [2.45, 2.75) is 11.5 Å². The Morgan fingerprint density at radius 3 is 2.14 bits per heavy atom. The van der Waals surface area contributed by atoms with Gasteiger partial charge in [-0.2, -0.15) is 0 Å². The van der Waals surface area contributed by atoms with Gasteiger partial charge in [0.15, 0.2) is 0 Å². The standard InChI is InChI=1S/C14H14N2O3S2/c15-14(20)11-3-7-13(8-4-11)21(18,19)16-12-5-1-10(9-17)2-6-12/h1-8,16-17H,9H2,(H2,15,20). The van der Waals surface area contributed by atoms with E-state index in [1.54, 1.807) is 36.4 Å². The first-order valence-electron chi connectivity index (χ1n) is 6.05. The van der Waals surface area contributed by atoms with E-state index in [0.717, 1.165) is 0 Å². The minimum atomic E-state index is -3.67. The molecule has 0 aliphatic rings. The molecule has 0 radical (unpaired) electrons. The smallest absolute Gasteiger partial charge is 0.261 e. The summed E-state index contributed by atoms with van der Waals surface area (Å²) in [7, 11) is -3.67. The van der Waals surface area contributed by atoms with Crippen molar-refractivity contribution in [1.29, 1.82) is 0 Å². The van der Waals surface area contributed by atoms with E-state index in [9.17, 15) is 8.42 Å². The van der Waals surface area contributed by atoms with Crippen LogP contribution in [0.2, 0.25) is 0 Å². The Hall–Kier alpha value is -1.96. The number of aliphatic hydroxyl groups excluding tert-OH is 1. The molecule has 2 rings (SSSR count). The minimum Gasteiger partial charge on any atom is -0.392 e. The quantitative estimate of drug-likeness (QED) is 0.727. The van der Waals surface area contributed by atoms with Gasteiger partial charge in [0.25, 0.3) is 10.0 Å². The van der Waals surface area contributed by atoms with Crippen LogP contribution in [0.1, 0.15) is 11.1 Å². The Bertz CT molecular complexity index is 739. The molecule has 110 valence electrons. The molecule has 0 bridgehead atoms. The number of aliphatic hydroxyl groups is 1. The molecule has 0 unspecified atom stereocenters. The molecule has 0 aliphatic heterocycles. The van der Waals surface area contributed by atoms with Gasteiger partial charge in [0.1, 0.15) is 4.99 Å². The number of hydrogen-bond donors (Lipinski definition) is 3. The number of hydrogen-bond acceptors (Lipinski definition) is 4. The second-order valence-corrected chi connectivity index (χ2v) is 6.47. The lowest BCUT2D eigenvalue weighted by molar-refractivity contribution is 0.282. The highest BCUT2D eigenvalue weighted by molar-refractivity contribution is 7.92. The molecule has 7 heteroatoms. The zero-order valence-electron chi connectivity index (χ0n) is 11.0. The van der Waals surface area contributed by atoms with Gasteiger partial charge in [-0.1, -0.05) is 36.5 Å². The normalized spacial score (nSPS) is 11.1. The highest BCUT2D eigenvalue weighted by Gasteiger charge is 2.14. The predicted octanol–water partition coefficient (Wildman–Crippen LogP) is 1.61. The van der Waals surface area contributed by atoms with Crippen LogP contribution in [-0.4, -0.2) is 18.5 Å². The van der Waals surface area contributed by atoms with Crippen molar-refractivity contribution in [3.05, 3.63) is 59.7 Å². The Labute approximate surface area is 128 Å². The van der Waals surface area contributed by atoms with E-state index in [2.05, 4.69) is 4.72 Å². The van der Waals surface area contributed by atoms with Crippen molar-refractivity contribution in [3.8, 4) is 0 Å². The first-order chi connectivity index (χ1) is 9.92. The predicted molar refractivity (Wildman–Crippen MR) is 85.5 cm³/mol. The summed E-state index contributed by atoms with van der Waals surface area (Å²) in [6.07, 6.45) is 0. The summed E-state index contributed by atoms with van der Waals surface area (Å²) in [4.78, 5) is 0.334. The van der Waals surface area contributed by atoms with E-state index in [1.807, 2.05) is 0 Å². The maximum atomic E-state index is 12.2. The first-order valence-corrected chi connectivity index (χ1v) is 7.94. The molecule has 0 saturated heterocycles. The van der Waals surface area contributed by atoms with E-state index in [4.69, 9.17) is 23.1 Å². The topological polar surface area (TPSA) is 92.4 Å². The lowest BCUT2D eigenvalue weighted by Crippen LogP contribution is -2.14. The molecule has 21 heavy (non-hydrogen) atoms. The van der Waals surface area contributed by atoms with Crippen LogP contribution in [0, 0.1) is 0 Å². The molecule has 0 spiro atoms. The average molecular weight is 322 g/mol. The summed E-state index contributed by atoms with van der Waals surface area (Å²) in [5.41, 5.74) is 7.21. The van der Waals surface area contributed by atoms with Gasteiger partial charge >= 0.3 is 0 Å². The monoisotopic (exact) mass is 322 g/mol. The summed E-state index contributed by atoms with van der Waals surface area (Å²) in [5.74, 6) is 0. The van der Waals surface area contributed by atoms with Gasteiger partial charge in [-0.25, -0.2) is 8.42 Å². The zero-order chi connectivity index (χ0) is 15.5. The van der Waals surface area contributed by atoms with Crippen LogP contribution in [0.15, 0.2) is 53.4 Å². The van der Waals surface area contributed by atoms with Gasteiger partial charge in [0.05, 0.1) is 11.5 Å². The van der Waals surface area contributed by atoms with Gasteiger partial charge in [-0.05, 0) is 29.8 Å². The molecule has 0 aromatic heterocycles. The summed E-state index contributed by atoms with van der Waals surface area (Å²) in [6, 6.07) is 12.5. The van der Waals surface area contributed by atoms with E-state index >= 15 is 0 Å². The second kappa shape index (κ2) is 6.21. The van der Waals surface area contributed by atoms with Crippen molar-refractivity contribution in [3.63, 3.8) is 0 Å². The summed E-state index contributed by atoms with van der Waals surface area (Å²) in [6.45, 7) is -0.0898. The fraction of sp³-hybridized carbons (Fsp3) is 0.0714. The lowest BCUT2D eigenvalue weighted by atomic mass is 10.2. The molecule has 0 atom stereocenters. The van der Waals surface area contributed by atoms with Crippen molar-refractivity contribution in [2.24, 2.45) is 5.73 Å². The van der Waals surface area contributed by atoms with Crippen LogP contribution in [-0.2, 0) is 16.6 Å². The Balaban J connectivity index is 2.22. The van der Waals surface area contributed by atoms with E-state index in [0.29, 0.717) is 16.8 Å². The zero-order valence-corrected chi connectivity index (χ0v) is 12.6. The Morgan fingerprint density at radius 2 is 1.67 bits per heavy atom. The Morgan fingerprint density at radius 1 is 1.10 bits per heavy atom. The molecule has 2 aromatic carbocycles. The number of sulfonamides is 1. The van der Waals surface area contributed by atoms with E-state index < -0.39 is 10.0 Å². The van der Waals surface area contributed by atoms with E-state index in [1.165, 1.54) is 12.1 Å². The summed E-state index contributed by atoms with van der Waals surface area (Å²) in [5, 5.41) is 8.95. The number of nitrogens with one attached hydrogen (secondary N) is 1. The third kappa shape index (κ3) is 3.78. The molecule has 4 N–H and O–H groups in total. The van der Waals surface area contributed by atoms with Gasteiger partial charge in [-0.15, -0.1) is 0 Å². The third-order valence-corrected chi connectivity index (χ3v) is 4.47. The van der Waals surface area contributed by atoms with Gasteiger partial charge in [0.2, 0.25) is 0 Å². The average Bonchev–Trinajstić information content (AvgIpc) is 2.48. The summed E-state index contributed by atoms with van der Waals surface area (Å²) >= 11 is 4.82. The lowest BCUT2D eigenvalue weighted by Gasteiger charge is -2.09. The van der Waals surface area contributed by atoms with Crippen LogP contribution in [0.4, 0.5) is 5.69 Å². The molecule has 0 aliphatic carbocycles. The molecule has 0 heterocycles. The molecule has 0 saturated carbocycles. The van der Waals surface area contributed by atoms with Crippen LogP contribution in [0.3, 0.4) is 0 Å². The maximum Gasteiger partial charge on any atom is 0.261 e. The van der Waals surface area contributed by atoms with Crippen molar-refractivity contribution in [2.75, 3.05) is 4.72 Å². The maximum absolute atomic E-state index is 12.2. The largest absolute Gasteiger partial charge is 0.392 e. The van der Waals surface area contributed by atoms with Crippen LogP contribution < -0.4 is 10.5 Å². The number of thiocarbonyl (C=S) groups is 1. The minimum absolute atomic E-state index is 0.0898. The second-order valence-electron chi connectivity index (χ2n) is 4.35. The molecule has 0 amide bonds. The fourth-order valence-electron chi connectivity index (χ4n) is 1.69. The number of nitrogens with two attached hydrogens (primary N) is 1. The number of benzene rings is 2. The SMILES string of the molecule is NC(=S)c1ccc(S(=O)(=O)Nc2ccc(CO)cc2)cc1. The number of rotatable bonds is 5. The third-order valence-electron chi connectivity index (χ3n) is 2.84. The fourth-order valence-corrected chi connectivity index (χ4v) is 2.89. The molecule has 0 fully saturated rings. The van der Waals surface area contributed by atoms with Gasteiger partial charge in [-0.3, -0.25) is 4.72 Å². The number of anilines is 1. The molecular formula is C14H14N2O3S2. The van der Waals surface area contributed by atoms with Crippen LogP contribution in [0.25, 0.3) is 0 Å². The van der Waals surface area contributed by atoms with E-state index in [-0.39, 0.29) is 16.5 Å². The summed E-state index contributed by atoms with van der Waals surface area (Å²) < 4.78 is 26.9. The van der Waals surface area contributed by atoms with Gasteiger partial charge in [0, 0.05) is 11.3 Å². The molecule has 2 aromatic rings. The Kier molecular flexibility index (Phi) is 4.56. The molecular weight excluding hydrogens is 308 g/mol. The van der Waals surface area contributed by atoms with Crippen molar-refractivity contribution < 1.29 is 13.5 Å². The van der Waals surface area contributed by atoms with Gasteiger partial charge < -0.3 is 10.8 Å². The van der Waals surface area contributed by atoms with Crippen LogP contribution >= 0.6 is 12.2 Å². The highest BCUT2D eigenvalue weighted by Crippen LogP contribution is 2.17. The van der Waals surface area contributed by atoms with Crippen LogP contribution in [0.5, 0.6) is 0 Å². The first kappa shape index (κ1) is 15.4. The highest BCUT2D eigenvalue weighted by atomic mass is 32.2.